The number of ether oxygens (including phenoxy) is 1. The number of aromatic nitrogens is 3. The molecular weight excluding hydrogens is 594 g/mol. The van der Waals surface area contributed by atoms with E-state index in [0.717, 1.165) is 61.2 Å². The number of hydrogen-bond donors (Lipinski definition) is 3. The van der Waals surface area contributed by atoms with Gasteiger partial charge in [0.25, 0.3) is 5.91 Å². The molecule has 12 heteroatoms. The molecule has 0 radical (unpaired) electrons. The lowest BCUT2D eigenvalue weighted by molar-refractivity contribution is -0.111. The van der Waals surface area contributed by atoms with Crippen LogP contribution >= 0.6 is 0 Å². The fourth-order valence-corrected chi connectivity index (χ4v) is 5.86. The van der Waals surface area contributed by atoms with Crippen molar-refractivity contribution in [3.63, 3.8) is 0 Å². The molecule has 2 amide bonds. The minimum Gasteiger partial charge on any atom is -0.494 e. The van der Waals surface area contributed by atoms with Crippen molar-refractivity contribution in [2.45, 2.75) is 31.7 Å². The van der Waals surface area contributed by atoms with Crippen LogP contribution in [0.2, 0.25) is 0 Å². The van der Waals surface area contributed by atoms with Gasteiger partial charge in [0, 0.05) is 69.3 Å². The molecule has 3 N–H and O–H groups in total. The standard InChI is InChI=1S/C35H45N9O3/c1-8-32(45)38-27-20-28(31(47-7)21-29(27)43(6)17-16-41(2)3)39-35-36-22-23-18-30(44(33(23)40-35)25-13-9-10-14-25)34(46)37-24-12-11-15-26(19-24)42(4)5/h8,11-12,15,18-22,25H,1,9-10,13-14,16-17H2,2-7H3,(H,37,46)(H,38,45)(H,36,39,40). The topological polar surface area (TPSA) is 120 Å². The Hall–Kier alpha value is -5.10. The molecule has 2 heterocycles. The largest absolute Gasteiger partial charge is 0.494 e. The number of likely N-dealkylation sites (N-methyl/N-ethyl adjacent to an activating group) is 2. The van der Waals surface area contributed by atoms with Gasteiger partial charge in [0.05, 0.1) is 24.2 Å². The predicted molar refractivity (Wildman–Crippen MR) is 191 cm³/mol. The number of hydrogen-bond acceptors (Lipinski definition) is 9. The normalized spacial score (nSPS) is 13.1. The summed E-state index contributed by atoms with van der Waals surface area (Å²) in [6.45, 7) is 5.16. The van der Waals surface area contributed by atoms with Gasteiger partial charge < -0.3 is 40.0 Å². The van der Waals surface area contributed by atoms with Crippen LogP contribution in [0, 0.1) is 0 Å². The number of fused-ring (bicyclic) bond motifs is 1. The molecule has 1 saturated carbocycles. The average molecular weight is 640 g/mol. The second kappa shape index (κ2) is 14.5. The predicted octanol–water partition coefficient (Wildman–Crippen LogP) is 5.74. The van der Waals surface area contributed by atoms with E-state index in [-0.39, 0.29) is 17.9 Å². The molecule has 0 atom stereocenters. The van der Waals surface area contributed by atoms with E-state index < -0.39 is 0 Å². The molecule has 0 bridgehead atoms. The Morgan fingerprint density at radius 1 is 1.02 bits per heavy atom. The molecule has 1 aliphatic rings. The number of methoxy groups -OCH3 is 1. The Morgan fingerprint density at radius 3 is 2.47 bits per heavy atom. The van der Waals surface area contributed by atoms with Crippen molar-refractivity contribution in [2.24, 2.45) is 0 Å². The van der Waals surface area contributed by atoms with E-state index in [9.17, 15) is 9.59 Å². The molecule has 47 heavy (non-hydrogen) atoms. The smallest absolute Gasteiger partial charge is 0.272 e. The highest BCUT2D eigenvalue weighted by molar-refractivity contribution is 6.06. The van der Waals surface area contributed by atoms with E-state index in [4.69, 9.17) is 9.72 Å². The summed E-state index contributed by atoms with van der Waals surface area (Å²) in [5, 5.41) is 10.1. The highest BCUT2D eigenvalue weighted by Crippen LogP contribution is 2.39. The molecule has 248 valence electrons. The van der Waals surface area contributed by atoms with Gasteiger partial charge >= 0.3 is 0 Å². The molecule has 5 rings (SSSR count). The van der Waals surface area contributed by atoms with Crippen molar-refractivity contribution in [3.05, 3.63) is 67.0 Å². The van der Waals surface area contributed by atoms with E-state index in [1.807, 2.05) is 82.6 Å². The minimum absolute atomic E-state index is 0.149. The molecule has 0 saturated heterocycles. The van der Waals surface area contributed by atoms with E-state index >= 15 is 0 Å². The third-order valence-electron chi connectivity index (χ3n) is 8.42. The third kappa shape index (κ3) is 7.66. The summed E-state index contributed by atoms with van der Waals surface area (Å²) in [5.41, 5.74) is 4.91. The van der Waals surface area contributed by atoms with E-state index in [2.05, 4.69) is 41.9 Å². The number of nitrogens with zero attached hydrogens (tertiary/aromatic N) is 6. The lowest BCUT2D eigenvalue weighted by Crippen LogP contribution is -2.29. The summed E-state index contributed by atoms with van der Waals surface area (Å²) >= 11 is 0. The fourth-order valence-electron chi connectivity index (χ4n) is 5.86. The summed E-state index contributed by atoms with van der Waals surface area (Å²) in [6.07, 6.45) is 7.10. The monoisotopic (exact) mass is 639 g/mol. The molecule has 4 aromatic rings. The second-order valence-electron chi connectivity index (χ2n) is 12.3. The maximum absolute atomic E-state index is 13.7. The van der Waals surface area contributed by atoms with Crippen LogP contribution in [0.1, 0.15) is 42.2 Å². The Kier molecular flexibility index (Phi) is 10.3. The first-order chi connectivity index (χ1) is 22.6. The number of carbonyl (C=O) groups is 2. The molecule has 1 fully saturated rings. The minimum atomic E-state index is -0.324. The first kappa shape index (κ1) is 33.3. The average Bonchev–Trinajstić information content (AvgIpc) is 3.72. The zero-order valence-corrected chi connectivity index (χ0v) is 28.1. The summed E-state index contributed by atoms with van der Waals surface area (Å²) in [6, 6.07) is 13.5. The first-order valence-electron chi connectivity index (χ1n) is 15.8. The third-order valence-corrected chi connectivity index (χ3v) is 8.42. The van der Waals surface area contributed by atoms with Gasteiger partial charge in [-0.2, -0.15) is 4.98 Å². The van der Waals surface area contributed by atoms with Crippen molar-refractivity contribution < 1.29 is 14.3 Å². The Balaban J connectivity index is 1.51. The van der Waals surface area contributed by atoms with Crippen LogP contribution in [0.15, 0.2) is 61.3 Å². The molecule has 0 aliphatic heterocycles. The molecule has 0 spiro atoms. The molecule has 12 nitrogen and oxygen atoms in total. The molecular formula is C35H45N9O3. The van der Waals surface area contributed by atoms with Gasteiger partial charge in [-0.05, 0) is 63.3 Å². The van der Waals surface area contributed by atoms with Gasteiger partial charge in [-0.1, -0.05) is 25.5 Å². The SMILES string of the molecule is C=CC(=O)Nc1cc(Nc2ncc3cc(C(=O)Nc4cccc(N(C)C)c4)n(C4CCCC4)c3n2)c(OC)cc1N(C)CCN(C)C. The number of benzene rings is 2. The molecule has 1 aliphatic carbocycles. The number of amides is 2. The number of nitrogens with one attached hydrogen (secondary N) is 3. The summed E-state index contributed by atoms with van der Waals surface area (Å²) in [5.74, 6) is 0.380. The van der Waals surface area contributed by atoms with Gasteiger partial charge in [-0.25, -0.2) is 4.98 Å². The Bertz CT molecular complexity index is 1760. The number of carbonyl (C=O) groups excluding carboxylic acids is 2. The van der Waals surface area contributed by atoms with Gasteiger partial charge in [0.1, 0.15) is 17.1 Å². The second-order valence-corrected chi connectivity index (χ2v) is 12.3. The quantitative estimate of drug-likeness (QED) is 0.157. The van der Waals surface area contributed by atoms with E-state index in [1.54, 1.807) is 13.3 Å². The molecule has 2 aromatic carbocycles. The number of rotatable bonds is 13. The van der Waals surface area contributed by atoms with Crippen molar-refractivity contribution in [2.75, 3.05) is 81.2 Å². The molecule has 2 aromatic heterocycles. The summed E-state index contributed by atoms with van der Waals surface area (Å²) < 4.78 is 7.84. The maximum Gasteiger partial charge on any atom is 0.272 e. The Morgan fingerprint density at radius 2 is 1.79 bits per heavy atom. The van der Waals surface area contributed by atoms with Crippen LogP contribution in [-0.4, -0.2) is 86.7 Å². The lowest BCUT2D eigenvalue weighted by Gasteiger charge is -2.26. The summed E-state index contributed by atoms with van der Waals surface area (Å²) in [7, 11) is 11.5. The maximum atomic E-state index is 13.7. The van der Waals surface area contributed by atoms with Crippen LogP contribution in [0.4, 0.5) is 34.4 Å². The van der Waals surface area contributed by atoms with Crippen LogP contribution in [0.25, 0.3) is 11.0 Å². The Labute approximate surface area is 276 Å². The summed E-state index contributed by atoms with van der Waals surface area (Å²) in [4.78, 5) is 41.8. The zero-order valence-electron chi connectivity index (χ0n) is 28.1. The van der Waals surface area contributed by atoms with Crippen molar-refractivity contribution in [1.29, 1.82) is 0 Å². The zero-order chi connectivity index (χ0) is 33.7. The van der Waals surface area contributed by atoms with E-state index in [1.165, 1.54) is 6.08 Å². The van der Waals surface area contributed by atoms with Crippen molar-refractivity contribution in [3.8, 4) is 5.75 Å². The van der Waals surface area contributed by atoms with E-state index in [0.29, 0.717) is 34.4 Å². The fraction of sp³-hybridized carbons (Fsp3) is 0.371. The van der Waals surface area contributed by atoms with Gasteiger partial charge in [-0.15, -0.1) is 0 Å². The first-order valence-corrected chi connectivity index (χ1v) is 15.8. The van der Waals surface area contributed by atoms with Crippen LogP contribution in [-0.2, 0) is 4.79 Å². The van der Waals surface area contributed by atoms with Gasteiger partial charge in [0.15, 0.2) is 0 Å². The lowest BCUT2D eigenvalue weighted by atomic mass is 10.2. The van der Waals surface area contributed by atoms with Crippen LogP contribution in [0.5, 0.6) is 5.75 Å². The highest BCUT2D eigenvalue weighted by atomic mass is 16.5. The highest BCUT2D eigenvalue weighted by Gasteiger charge is 2.26. The van der Waals surface area contributed by atoms with Crippen molar-refractivity contribution in [1.82, 2.24) is 19.4 Å². The van der Waals surface area contributed by atoms with Gasteiger partial charge in [0.2, 0.25) is 11.9 Å². The molecule has 0 unspecified atom stereocenters. The van der Waals surface area contributed by atoms with Crippen molar-refractivity contribution >= 4 is 57.2 Å². The van der Waals surface area contributed by atoms with Gasteiger partial charge in [-0.3, -0.25) is 9.59 Å². The van der Waals surface area contributed by atoms with Crippen LogP contribution < -0.4 is 30.5 Å². The number of anilines is 6. The van der Waals surface area contributed by atoms with Crippen LogP contribution in [0.3, 0.4) is 0 Å².